The van der Waals surface area contributed by atoms with Crippen molar-refractivity contribution in [2.75, 3.05) is 13.7 Å². The first kappa shape index (κ1) is 15.1. The zero-order valence-electron chi connectivity index (χ0n) is 11.5. The molecule has 3 N–H and O–H groups in total. The lowest BCUT2D eigenvalue weighted by Crippen LogP contribution is -2.58. The van der Waals surface area contributed by atoms with Gasteiger partial charge in [0, 0.05) is 13.2 Å². The number of nitrogens with one attached hydrogen (secondary N) is 1. The van der Waals surface area contributed by atoms with E-state index >= 15 is 0 Å². The number of amides is 1. The molecule has 1 amide bonds. The van der Waals surface area contributed by atoms with E-state index in [2.05, 4.69) is 5.32 Å². The van der Waals surface area contributed by atoms with Crippen molar-refractivity contribution >= 4 is 18.3 Å². The molecule has 4 aliphatic rings. The largest absolute Gasteiger partial charge is 0.383 e. The van der Waals surface area contributed by atoms with Crippen LogP contribution in [0.4, 0.5) is 0 Å². The summed E-state index contributed by atoms with van der Waals surface area (Å²) in [7, 11) is 1.58. The summed E-state index contributed by atoms with van der Waals surface area (Å²) in [6.07, 6.45) is 6.71. The van der Waals surface area contributed by atoms with Crippen LogP contribution in [0, 0.1) is 23.7 Å². The topological polar surface area (TPSA) is 64.3 Å². The van der Waals surface area contributed by atoms with E-state index in [0.717, 1.165) is 11.8 Å². The van der Waals surface area contributed by atoms with Gasteiger partial charge >= 0.3 is 0 Å². The highest BCUT2D eigenvalue weighted by Crippen LogP contribution is 2.53. The van der Waals surface area contributed by atoms with E-state index in [4.69, 9.17) is 10.5 Å². The lowest BCUT2D eigenvalue weighted by Gasteiger charge is -2.54. The maximum absolute atomic E-state index is 12.0. The number of halogens is 1. The van der Waals surface area contributed by atoms with E-state index in [-0.39, 0.29) is 18.3 Å². The molecule has 5 heteroatoms. The number of carbonyl (C=O) groups excluding carboxylic acids is 1. The average molecular weight is 289 g/mol. The summed E-state index contributed by atoms with van der Waals surface area (Å²) in [6, 6.07) is -0.139. The van der Waals surface area contributed by atoms with Gasteiger partial charge in [0.05, 0.1) is 6.61 Å². The Kier molecular flexibility index (Phi) is 4.75. The first-order valence-electron chi connectivity index (χ1n) is 7.22. The van der Waals surface area contributed by atoms with Crippen LogP contribution in [0.1, 0.15) is 32.1 Å². The Morgan fingerprint density at radius 2 is 1.74 bits per heavy atom. The summed E-state index contributed by atoms with van der Waals surface area (Å²) in [4.78, 5) is 12.0. The highest BCUT2D eigenvalue weighted by Gasteiger charge is 2.48. The number of ether oxygens (including phenoxy) is 1. The van der Waals surface area contributed by atoms with E-state index in [9.17, 15) is 4.79 Å². The minimum atomic E-state index is -0.521. The molecule has 0 radical (unpaired) electrons. The van der Waals surface area contributed by atoms with Crippen LogP contribution in [0.3, 0.4) is 0 Å². The van der Waals surface area contributed by atoms with E-state index in [1.807, 2.05) is 0 Å². The molecule has 0 heterocycles. The molecular weight excluding hydrogens is 264 g/mol. The molecule has 4 bridgehead atoms. The fourth-order valence-electron chi connectivity index (χ4n) is 4.69. The van der Waals surface area contributed by atoms with Crippen LogP contribution < -0.4 is 11.1 Å². The summed E-state index contributed by atoms with van der Waals surface area (Å²) in [5, 5.41) is 3.20. The Bertz CT molecular complexity index is 309. The summed E-state index contributed by atoms with van der Waals surface area (Å²) in [6.45, 7) is 0.305. The predicted molar refractivity (Wildman–Crippen MR) is 76.1 cm³/mol. The molecule has 0 spiro atoms. The van der Waals surface area contributed by atoms with Crippen molar-refractivity contribution in [3.05, 3.63) is 0 Å². The number of methoxy groups -OCH3 is 1. The lowest BCUT2D eigenvalue weighted by atomic mass is 9.54. The van der Waals surface area contributed by atoms with Gasteiger partial charge in [0.2, 0.25) is 5.91 Å². The quantitative estimate of drug-likeness (QED) is 0.820. The molecule has 19 heavy (non-hydrogen) atoms. The maximum Gasteiger partial charge on any atom is 0.239 e. The van der Waals surface area contributed by atoms with Gasteiger partial charge in [0.15, 0.2) is 0 Å². The second-order valence-corrected chi connectivity index (χ2v) is 6.53. The fourth-order valence-corrected chi connectivity index (χ4v) is 4.69. The number of rotatable bonds is 4. The van der Waals surface area contributed by atoms with Gasteiger partial charge in [-0.1, -0.05) is 0 Å². The van der Waals surface area contributed by atoms with Gasteiger partial charge < -0.3 is 15.8 Å². The SMILES string of the molecule is COCC(N)C(=O)NC1C2CC3CC(C2)CC1C3.Cl. The molecule has 0 aromatic rings. The van der Waals surface area contributed by atoms with Crippen molar-refractivity contribution in [1.29, 1.82) is 0 Å². The Morgan fingerprint density at radius 1 is 1.21 bits per heavy atom. The molecule has 0 aromatic carbocycles. The van der Waals surface area contributed by atoms with E-state index in [1.54, 1.807) is 7.11 Å². The highest BCUT2D eigenvalue weighted by atomic mass is 35.5. The minimum Gasteiger partial charge on any atom is -0.383 e. The Labute approximate surface area is 121 Å². The molecule has 1 atom stereocenters. The molecule has 110 valence electrons. The molecule has 4 aliphatic carbocycles. The standard InChI is InChI=1S/C14H24N2O2.ClH/c1-18-7-12(15)14(17)16-13-10-3-8-2-9(5-10)6-11(13)4-8;/h8-13H,2-7,15H2,1H3,(H,16,17);1H. The Balaban J connectivity index is 0.00000133. The maximum atomic E-state index is 12.0. The van der Waals surface area contributed by atoms with Gasteiger partial charge in [-0.2, -0.15) is 0 Å². The minimum absolute atomic E-state index is 0. The smallest absolute Gasteiger partial charge is 0.239 e. The summed E-state index contributed by atoms with van der Waals surface area (Å²) in [5.74, 6) is 3.26. The van der Waals surface area contributed by atoms with Crippen LogP contribution in [0.2, 0.25) is 0 Å². The normalized spacial score (nSPS) is 40.6. The average Bonchev–Trinajstić information content (AvgIpc) is 2.33. The summed E-state index contributed by atoms with van der Waals surface area (Å²) >= 11 is 0. The molecule has 0 saturated heterocycles. The van der Waals surface area contributed by atoms with Gasteiger partial charge in [-0.3, -0.25) is 4.79 Å². The molecule has 1 unspecified atom stereocenters. The molecule has 4 saturated carbocycles. The molecule has 4 nitrogen and oxygen atoms in total. The molecule has 4 fully saturated rings. The van der Waals surface area contributed by atoms with Crippen molar-refractivity contribution in [2.24, 2.45) is 29.4 Å². The van der Waals surface area contributed by atoms with E-state index in [0.29, 0.717) is 24.5 Å². The molecule has 0 aromatic heterocycles. The van der Waals surface area contributed by atoms with Crippen molar-refractivity contribution in [3.63, 3.8) is 0 Å². The second-order valence-electron chi connectivity index (χ2n) is 6.53. The third kappa shape index (κ3) is 2.91. The van der Waals surface area contributed by atoms with Crippen LogP contribution in [0.25, 0.3) is 0 Å². The van der Waals surface area contributed by atoms with E-state index < -0.39 is 6.04 Å². The van der Waals surface area contributed by atoms with Crippen molar-refractivity contribution in [2.45, 2.75) is 44.2 Å². The monoisotopic (exact) mass is 288 g/mol. The van der Waals surface area contributed by atoms with Crippen LogP contribution in [0.5, 0.6) is 0 Å². The van der Waals surface area contributed by atoms with Crippen molar-refractivity contribution in [1.82, 2.24) is 5.32 Å². The zero-order valence-corrected chi connectivity index (χ0v) is 12.3. The molecular formula is C14H25ClN2O2. The van der Waals surface area contributed by atoms with Gasteiger partial charge in [0.25, 0.3) is 0 Å². The first-order chi connectivity index (χ1) is 8.67. The second kappa shape index (κ2) is 5.98. The fraction of sp³-hybridized carbons (Fsp3) is 0.929. The third-order valence-corrected chi connectivity index (χ3v) is 5.22. The van der Waals surface area contributed by atoms with Crippen LogP contribution >= 0.6 is 12.4 Å². The summed E-state index contributed by atoms with van der Waals surface area (Å²) in [5.41, 5.74) is 5.79. The third-order valence-electron chi connectivity index (χ3n) is 5.22. The van der Waals surface area contributed by atoms with Gasteiger partial charge in [-0.05, 0) is 55.8 Å². The molecule has 0 aliphatic heterocycles. The van der Waals surface area contributed by atoms with Crippen LogP contribution in [-0.4, -0.2) is 31.7 Å². The number of carbonyl (C=O) groups is 1. The van der Waals surface area contributed by atoms with Crippen molar-refractivity contribution in [3.8, 4) is 0 Å². The Hall–Kier alpha value is -0.320. The van der Waals surface area contributed by atoms with Gasteiger partial charge in [-0.15, -0.1) is 12.4 Å². The van der Waals surface area contributed by atoms with Crippen LogP contribution in [-0.2, 0) is 9.53 Å². The Morgan fingerprint density at radius 3 is 2.21 bits per heavy atom. The number of nitrogens with two attached hydrogens (primary N) is 1. The van der Waals surface area contributed by atoms with Gasteiger partial charge in [0.1, 0.15) is 6.04 Å². The first-order valence-corrected chi connectivity index (χ1v) is 7.22. The number of hydrogen-bond acceptors (Lipinski definition) is 3. The highest BCUT2D eigenvalue weighted by molar-refractivity contribution is 5.85. The zero-order chi connectivity index (χ0) is 12.7. The predicted octanol–water partition coefficient (Wildman–Crippen LogP) is 1.32. The molecule has 4 rings (SSSR count). The van der Waals surface area contributed by atoms with Crippen LogP contribution in [0.15, 0.2) is 0 Å². The summed E-state index contributed by atoms with van der Waals surface area (Å²) < 4.78 is 4.95. The lowest BCUT2D eigenvalue weighted by molar-refractivity contribution is -0.127. The van der Waals surface area contributed by atoms with Crippen molar-refractivity contribution < 1.29 is 9.53 Å². The van der Waals surface area contributed by atoms with Gasteiger partial charge in [-0.25, -0.2) is 0 Å². The van der Waals surface area contributed by atoms with E-state index in [1.165, 1.54) is 32.1 Å². The number of hydrogen-bond donors (Lipinski definition) is 2.